The first-order valence-corrected chi connectivity index (χ1v) is 9.60. The van der Waals surface area contributed by atoms with Gasteiger partial charge in [-0.1, -0.05) is 72.3 Å². The number of nitrogens with zero attached hydrogens (tertiary/aromatic N) is 1. The van der Waals surface area contributed by atoms with Crippen molar-refractivity contribution in [1.29, 1.82) is 0 Å². The van der Waals surface area contributed by atoms with Crippen molar-refractivity contribution >= 4 is 16.9 Å². The van der Waals surface area contributed by atoms with E-state index in [9.17, 15) is 9.59 Å². The van der Waals surface area contributed by atoms with E-state index >= 15 is 0 Å². The Bertz CT molecular complexity index is 1270. The molecule has 1 aliphatic heterocycles. The predicted molar refractivity (Wildman–Crippen MR) is 112 cm³/mol. The SMILES string of the molecule is Cc1ccc(C2c3c(oc4ccccc4c3=O)C(=O)N2Cc2ccccc2)cc1. The lowest BCUT2D eigenvalue weighted by atomic mass is 9.97. The van der Waals surface area contributed by atoms with Gasteiger partial charge in [0.2, 0.25) is 5.76 Å². The smallest absolute Gasteiger partial charge is 0.291 e. The van der Waals surface area contributed by atoms with Gasteiger partial charge in [0.05, 0.1) is 17.0 Å². The maximum absolute atomic E-state index is 13.4. The minimum atomic E-state index is -0.473. The first-order chi connectivity index (χ1) is 14.1. The number of fused-ring (bicyclic) bond motifs is 2. The molecule has 0 aliphatic carbocycles. The lowest BCUT2D eigenvalue weighted by Crippen LogP contribution is -2.29. The van der Waals surface area contributed by atoms with Crippen molar-refractivity contribution in [2.45, 2.75) is 19.5 Å². The summed E-state index contributed by atoms with van der Waals surface area (Å²) in [5, 5.41) is 0.498. The van der Waals surface area contributed by atoms with E-state index in [4.69, 9.17) is 4.42 Å². The summed E-state index contributed by atoms with van der Waals surface area (Å²) in [7, 11) is 0. The molecule has 1 aromatic heterocycles. The van der Waals surface area contributed by atoms with Gasteiger partial charge in [-0.2, -0.15) is 0 Å². The Hall–Kier alpha value is -3.66. The van der Waals surface area contributed by atoms with Gasteiger partial charge in [0.1, 0.15) is 5.58 Å². The van der Waals surface area contributed by atoms with Crippen LogP contribution in [0.1, 0.15) is 38.9 Å². The van der Waals surface area contributed by atoms with Gasteiger partial charge in [-0.15, -0.1) is 0 Å². The molecule has 0 radical (unpaired) electrons. The van der Waals surface area contributed by atoms with E-state index in [0.717, 1.165) is 16.7 Å². The maximum atomic E-state index is 13.4. The van der Waals surface area contributed by atoms with E-state index in [0.29, 0.717) is 23.1 Å². The highest BCUT2D eigenvalue weighted by Crippen LogP contribution is 2.39. The molecule has 142 valence electrons. The first-order valence-electron chi connectivity index (χ1n) is 9.60. The molecule has 0 bridgehead atoms. The monoisotopic (exact) mass is 381 g/mol. The normalized spacial score (nSPS) is 15.7. The fraction of sp³-hybridized carbons (Fsp3) is 0.120. The molecular formula is C25H19NO3. The minimum absolute atomic E-state index is 0.142. The Morgan fingerprint density at radius 1 is 0.862 bits per heavy atom. The van der Waals surface area contributed by atoms with Crippen LogP contribution in [0.15, 0.2) is 88.1 Å². The highest BCUT2D eigenvalue weighted by Gasteiger charge is 2.42. The summed E-state index contributed by atoms with van der Waals surface area (Å²) in [6.45, 7) is 2.42. The average Bonchev–Trinajstić information content (AvgIpc) is 3.02. The van der Waals surface area contributed by atoms with Gasteiger partial charge in [0, 0.05) is 6.54 Å². The van der Waals surface area contributed by atoms with Crippen LogP contribution in [0.4, 0.5) is 0 Å². The summed E-state index contributed by atoms with van der Waals surface area (Å²) in [4.78, 5) is 28.4. The van der Waals surface area contributed by atoms with Gasteiger partial charge in [0.15, 0.2) is 5.43 Å². The van der Waals surface area contributed by atoms with Crippen LogP contribution in [0, 0.1) is 6.92 Å². The number of carbonyl (C=O) groups excluding carboxylic acids is 1. The number of para-hydroxylation sites is 1. The fourth-order valence-electron chi connectivity index (χ4n) is 4.01. The summed E-state index contributed by atoms with van der Waals surface area (Å²) in [6.07, 6.45) is 0. The highest BCUT2D eigenvalue weighted by atomic mass is 16.3. The molecule has 1 atom stereocenters. The van der Waals surface area contributed by atoms with Gasteiger partial charge in [-0.05, 0) is 30.2 Å². The molecule has 3 aromatic carbocycles. The molecule has 0 fully saturated rings. The van der Waals surface area contributed by atoms with Crippen LogP contribution in [-0.2, 0) is 6.54 Å². The van der Waals surface area contributed by atoms with E-state index in [-0.39, 0.29) is 17.1 Å². The molecule has 0 saturated carbocycles. The molecular weight excluding hydrogens is 362 g/mol. The molecule has 4 aromatic rings. The average molecular weight is 381 g/mol. The quantitative estimate of drug-likeness (QED) is 0.510. The third-order valence-electron chi connectivity index (χ3n) is 5.46. The van der Waals surface area contributed by atoms with Crippen molar-refractivity contribution in [1.82, 2.24) is 4.90 Å². The van der Waals surface area contributed by atoms with Crippen LogP contribution in [0.5, 0.6) is 0 Å². The number of rotatable bonds is 3. The Kier molecular flexibility index (Phi) is 4.06. The molecule has 4 heteroatoms. The Morgan fingerprint density at radius 3 is 2.31 bits per heavy atom. The van der Waals surface area contributed by atoms with Gasteiger partial charge in [-0.3, -0.25) is 9.59 Å². The molecule has 1 amide bonds. The van der Waals surface area contributed by atoms with Crippen LogP contribution in [0.2, 0.25) is 0 Å². The summed E-state index contributed by atoms with van der Waals surface area (Å²) in [5.74, 6) is -0.104. The van der Waals surface area contributed by atoms with E-state index in [2.05, 4.69) is 0 Å². The summed E-state index contributed by atoms with van der Waals surface area (Å²) < 4.78 is 5.95. The maximum Gasteiger partial charge on any atom is 0.291 e. The summed E-state index contributed by atoms with van der Waals surface area (Å²) >= 11 is 0. The first kappa shape index (κ1) is 17.4. The summed E-state index contributed by atoms with van der Waals surface area (Å²) in [5.41, 5.74) is 3.75. The second kappa shape index (κ2) is 6.74. The number of amides is 1. The Morgan fingerprint density at radius 2 is 1.55 bits per heavy atom. The zero-order valence-corrected chi connectivity index (χ0v) is 16.0. The Balaban J connectivity index is 1.73. The van der Waals surface area contributed by atoms with Crippen molar-refractivity contribution in [2.24, 2.45) is 0 Å². The molecule has 0 spiro atoms. The van der Waals surface area contributed by atoms with Crippen molar-refractivity contribution in [3.05, 3.63) is 117 Å². The number of hydrogen-bond acceptors (Lipinski definition) is 3. The molecule has 0 saturated heterocycles. The second-order valence-corrected chi connectivity index (χ2v) is 7.40. The zero-order valence-electron chi connectivity index (χ0n) is 16.0. The fourth-order valence-corrected chi connectivity index (χ4v) is 4.01. The lowest BCUT2D eigenvalue weighted by molar-refractivity contribution is 0.0714. The van der Waals surface area contributed by atoms with Gasteiger partial charge in [-0.25, -0.2) is 0 Å². The predicted octanol–water partition coefficient (Wildman–Crippen LogP) is 4.85. The van der Waals surface area contributed by atoms with Crippen molar-refractivity contribution < 1.29 is 9.21 Å². The molecule has 5 rings (SSSR count). The molecule has 1 aliphatic rings. The zero-order chi connectivity index (χ0) is 20.0. The van der Waals surface area contributed by atoms with Crippen LogP contribution >= 0.6 is 0 Å². The molecule has 1 unspecified atom stereocenters. The Labute approximate surface area is 168 Å². The van der Waals surface area contributed by atoms with E-state index in [1.165, 1.54) is 0 Å². The second-order valence-electron chi connectivity index (χ2n) is 7.40. The lowest BCUT2D eigenvalue weighted by Gasteiger charge is -2.25. The highest BCUT2D eigenvalue weighted by molar-refractivity contribution is 5.99. The molecule has 4 nitrogen and oxygen atoms in total. The van der Waals surface area contributed by atoms with E-state index in [1.54, 1.807) is 23.1 Å². The van der Waals surface area contributed by atoms with Crippen LogP contribution in [-0.4, -0.2) is 10.8 Å². The van der Waals surface area contributed by atoms with Crippen molar-refractivity contribution in [3.8, 4) is 0 Å². The molecule has 29 heavy (non-hydrogen) atoms. The topological polar surface area (TPSA) is 50.5 Å². The third-order valence-corrected chi connectivity index (χ3v) is 5.46. The van der Waals surface area contributed by atoms with Crippen molar-refractivity contribution in [3.63, 3.8) is 0 Å². The molecule has 0 N–H and O–H groups in total. The van der Waals surface area contributed by atoms with Crippen LogP contribution < -0.4 is 5.43 Å². The van der Waals surface area contributed by atoms with Crippen molar-refractivity contribution in [2.75, 3.05) is 0 Å². The van der Waals surface area contributed by atoms with Crippen LogP contribution in [0.25, 0.3) is 11.0 Å². The van der Waals surface area contributed by atoms with E-state index in [1.807, 2.05) is 67.6 Å². The van der Waals surface area contributed by atoms with Gasteiger partial charge in [0.25, 0.3) is 5.91 Å². The number of carbonyl (C=O) groups is 1. The largest absolute Gasteiger partial charge is 0.450 e. The van der Waals surface area contributed by atoms with Gasteiger partial charge >= 0.3 is 0 Å². The minimum Gasteiger partial charge on any atom is -0.450 e. The van der Waals surface area contributed by atoms with Crippen LogP contribution in [0.3, 0.4) is 0 Å². The number of aryl methyl sites for hydroxylation is 1. The number of benzene rings is 3. The van der Waals surface area contributed by atoms with Gasteiger partial charge < -0.3 is 9.32 Å². The summed E-state index contributed by atoms with van der Waals surface area (Å²) in [6, 6.07) is 24.4. The third kappa shape index (κ3) is 2.85. The standard InChI is InChI=1S/C25H19NO3/c1-16-11-13-18(14-12-16)22-21-23(27)19-9-5-6-10-20(19)29-24(21)25(28)26(22)15-17-7-3-2-4-8-17/h2-14,22H,15H2,1H3. The number of hydrogen-bond donors (Lipinski definition) is 0. The van der Waals surface area contributed by atoms with E-state index < -0.39 is 6.04 Å². The molecule has 2 heterocycles.